The number of hydrogen-bond donors (Lipinski definition) is 0. The van der Waals surface area contributed by atoms with Crippen molar-refractivity contribution >= 4 is 29.1 Å². The largest absolute Gasteiger partial charge is 0.303 e. The summed E-state index contributed by atoms with van der Waals surface area (Å²) in [5, 5.41) is 10.9. The van der Waals surface area contributed by atoms with Gasteiger partial charge >= 0.3 is 5.69 Å². The molecule has 1 aromatic heterocycles. The topological polar surface area (TPSA) is 56.0 Å². The fraction of sp³-hybridized carbons (Fsp3) is 0.286. The Hall–Kier alpha value is -0.810. The molecular weight excluding hydrogens is 212 g/mol. The van der Waals surface area contributed by atoms with Crippen LogP contribution >= 0.6 is 23.4 Å². The minimum absolute atomic E-state index is 0.0388. The first-order chi connectivity index (χ1) is 6.06. The first kappa shape index (κ1) is 10.3. The van der Waals surface area contributed by atoms with E-state index in [0.29, 0.717) is 10.6 Å². The molecule has 0 aliphatic carbocycles. The Morgan fingerprint density at radius 1 is 1.69 bits per heavy atom. The Labute approximate surface area is 84.5 Å². The lowest BCUT2D eigenvalue weighted by atomic mass is 10.3. The summed E-state index contributed by atoms with van der Waals surface area (Å²) in [5.41, 5.74) is 0.388. The molecule has 0 N–H and O–H groups in total. The van der Waals surface area contributed by atoms with Crippen LogP contribution in [0.2, 0.25) is 5.15 Å². The Bertz CT molecular complexity index is 357. The van der Waals surface area contributed by atoms with E-state index in [4.69, 9.17) is 11.6 Å². The Morgan fingerprint density at radius 3 is 2.77 bits per heavy atom. The van der Waals surface area contributed by atoms with Gasteiger partial charge < -0.3 is 0 Å². The molecule has 4 nitrogen and oxygen atoms in total. The van der Waals surface area contributed by atoms with Crippen molar-refractivity contribution < 1.29 is 4.92 Å². The summed E-state index contributed by atoms with van der Waals surface area (Å²) in [6.45, 7) is 1.57. The molecule has 0 aliphatic heterocycles. The minimum atomic E-state index is -0.440. The molecule has 0 amide bonds. The average molecular weight is 219 g/mol. The Balaban J connectivity index is 3.38. The molecule has 0 aromatic carbocycles. The maximum Gasteiger partial charge on any atom is 0.303 e. The molecule has 0 radical (unpaired) electrons. The van der Waals surface area contributed by atoms with Gasteiger partial charge in [-0.05, 0) is 19.2 Å². The van der Waals surface area contributed by atoms with E-state index in [1.54, 1.807) is 13.2 Å². The third kappa shape index (κ3) is 2.10. The predicted octanol–water partition coefficient (Wildman–Crippen LogP) is 2.67. The van der Waals surface area contributed by atoms with Crippen LogP contribution in [0.3, 0.4) is 0 Å². The molecule has 0 fully saturated rings. The van der Waals surface area contributed by atoms with E-state index in [1.165, 1.54) is 17.8 Å². The standard InChI is InChI=1S/C7H7ClN2O2S/c1-4-7(10(11)12)5(13-2)3-6(8)9-4/h3H,1-2H3. The highest BCUT2D eigenvalue weighted by Gasteiger charge is 2.18. The lowest BCUT2D eigenvalue weighted by Crippen LogP contribution is -1.96. The molecule has 13 heavy (non-hydrogen) atoms. The van der Waals surface area contributed by atoms with Crippen molar-refractivity contribution in [2.45, 2.75) is 11.8 Å². The number of aryl methyl sites for hydroxylation is 1. The summed E-state index contributed by atoms with van der Waals surface area (Å²) < 4.78 is 0. The second-order valence-electron chi connectivity index (χ2n) is 2.34. The van der Waals surface area contributed by atoms with Crippen molar-refractivity contribution in [3.8, 4) is 0 Å². The Kier molecular flexibility index (Phi) is 3.11. The molecule has 6 heteroatoms. The molecule has 0 aliphatic rings. The van der Waals surface area contributed by atoms with Crippen LogP contribution in [0.15, 0.2) is 11.0 Å². The van der Waals surface area contributed by atoms with Gasteiger partial charge in [-0.25, -0.2) is 4.98 Å². The van der Waals surface area contributed by atoms with Crippen molar-refractivity contribution in [1.82, 2.24) is 4.98 Å². The molecule has 1 aromatic rings. The average Bonchev–Trinajstić information content (AvgIpc) is 2.01. The molecule has 0 spiro atoms. The van der Waals surface area contributed by atoms with Gasteiger partial charge in [-0.3, -0.25) is 10.1 Å². The SMILES string of the molecule is CSc1cc(Cl)nc(C)c1[N+](=O)[O-]. The van der Waals surface area contributed by atoms with Gasteiger partial charge in [-0.15, -0.1) is 11.8 Å². The van der Waals surface area contributed by atoms with E-state index in [-0.39, 0.29) is 10.8 Å². The number of halogens is 1. The molecule has 0 atom stereocenters. The molecule has 0 unspecified atom stereocenters. The van der Waals surface area contributed by atoms with E-state index in [2.05, 4.69) is 4.98 Å². The number of rotatable bonds is 2. The number of pyridine rings is 1. The summed E-state index contributed by atoms with van der Waals surface area (Å²) in [6, 6.07) is 1.50. The quantitative estimate of drug-likeness (QED) is 0.332. The van der Waals surface area contributed by atoms with Crippen LogP contribution < -0.4 is 0 Å². The highest BCUT2D eigenvalue weighted by atomic mass is 35.5. The van der Waals surface area contributed by atoms with E-state index in [0.717, 1.165) is 0 Å². The van der Waals surface area contributed by atoms with Crippen LogP contribution in [0.4, 0.5) is 5.69 Å². The van der Waals surface area contributed by atoms with E-state index < -0.39 is 4.92 Å². The zero-order valence-electron chi connectivity index (χ0n) is 7.07. The van der Waals surface area contributed by atoms with Gasteiger partial charge in [0.05, 0.1) is 9.82 Å². The summed E-state index contributed by atoms with van der Waals surface area (Å²) in [6.07, 6.45) is 1.76. The van der Waals surface area contributed by atoms with Crippen molar-refractivity contribution in [3.05, 3.63) is 27.0 Å². The van der Waals surface area contributed by atoms with Crippen LogP contribution in [0.1, 0.15) is 5.69 Å². The molecular formula is C7H7ClN2O2S. The molecule has 70 valence electrons. The van der Waals surface area contributed by atoms with E-state index in [9.17, 15) is 10.1 Å². The highest BCUT2D eigenvalue weighted by Crippen LogP contribution is 2.31. The smallest absolute Gasteiger partial charge is 0.258 e. The summed E-state index contributed by atoms with van der Waals surface area (Å²) in [4.78, 5) is 14.5. The number of aromatic nitrogens is 1. The maximum absolute atomic E-state index is 10.6. The summed E-state index contributed by atoms with van der Waals surface area (Å²) >= 11 is 6.94. The maximum atomic E-state index is 10.6. The van der Waals surface area contributed by atoms with Crippen LogP contribution in [0.25, 0.3) is 0 Å². The fourth-order valence-electron chi connectivity index (χ4n) is 0.978. The normalized spacial score (nSPS) is 10.1. The van der Waals surface area contributed by atoms with Crippen LogP contribution in [0.5, 0.6) is 0 Å². The number of thioether (sulfide) groups is 1. The van der Waals surface area contributed by atoms with Crippen molar-refractivity contribution in [2.75, 3.05) is 6.26 Å². The van der Waals surface area contributed by atoms with Crippen molar-refractivity contribution in [3.63, 3.8) is 0 Å². The first-order valence-electron chi connectivity index (χ1n) is 3.41. The van der Waals surface area contributed by atoms with Gasteiger partial charge in [0, 0.05) is 0 Å². The number of nitrogens with zero attached hydrogens (tertiary/aromatic N) is 2. The van der Waals surface area contributed by atoms with Crippen molar-refractivity contribution in [1.29, 1.82) is 0 Å². The summed E-state index contributed by atoms with van der Waals surface area (Å²) in [5.74, 6) is 0. The van der Waals surface area contributed by atoms with Crippen LogP contribution in [-0.4, -0.2) is 16.2 Å². The number of hydrogen-bond acceptors (Lipinski definition) is 4. The van der Waals surface area contributed by atoms with Crippen LogP contribution in [-0.2, 0) is 0 Å². The first-order valence-corrected chi connectivity index (χ1v) is 5.02. The number of nitro groups is 1. The lowest BCUT2D eigenvalue weighted by molar-refractivity contribution is -0.388. The minimum Gasteiger partial charge on any atom is -0.258 e. The molecule has 1 heterocycles. The van der Waals surface area contributed by atoms with Gasteiger partial charge in [0.25, 0.3) is 0 Å². The molecule has 1 rings (SSSR count). The summed E-state index contributed by atoms with van der Waals surface area (Å²) in [7, 11) is 0. The van der Waals surface area contributed by atoms with Gasteiger partial charge in [-0.2, -0.15) is 0 Å². The molecule has 0 saturated carbocycles. The fourth-order valence-corrected chi connectivity index (χ4v) is 1.92. The molecule has 0 saturated heterocycles. The van der Waals surface area contributed by atoms with Gasteiger partial charge in [0.15, 0.2) is 0 Å². The highest BCUT2D eigenvalue weighted by molar-refractivity contribution is 7.98. The van der Waals surface area contributed by atoms with E-state index in [1.807, 2.05) is 0 Å². The predicted molar refractivity (Wildman–Crippen MR) is 52.4 cm³/mol. The molecule has 0 bridgehead atoms. The third-order valence-corrected chi connectivity index (χ3v) is 2.45. The second-order valence-corrected chi connectivity index (χ2v) is 3.57. The Morgan fingerprint density at radius 2 is 2.31 bits per heavy atom. The van der Waals surface area contributed by atoms with Crippen molar-refractivity contribution in [2.24, 2.45) is 0 Å². The van der Waals surface area contributed by atoms with Crippen LogP contribution in [0, 0.1) is 17.0 Å². The van der Waals surface area contributed by atoms with Gasteiger partial charge in [0.2, 0.25) is 0 Å². The zero-order valence-corrected chi connectivity index (χ0v) is 8.65. The van der Waals surface area contributed by atoms with Gasteiger partial charge in [-0.1, -0.05) is 11.6 Å². The monoisotopic (exact) mass is 218 g/mol. The second kappa shape index (κ2) is 3.93. The van der Waals surface area contributed by atoms with E-state index >= 15 is 0 Å². The third-order valence-electron chi connectivity index (χ3n) is 1.50. The zero-order chi connectivity index (χ0) is 10.0. The lowest BCUT2D eigenvalue weighted by Gasteiger charge is -2.01. The van der Waals surface area contributed by atoms with Gasteiger partial charge in [0.1, 0.15) is 10.8 Å².